The molecule has 0 amide bonds. The lowest BCUT2D eigenvalue weighted by Gasteiger charge is -2.15. The summed E-state index contributed by atoms with van der Waals surface area (Å²) in [6, 6.07) is 11.3. The van der Waals surface area contributed by atoms with Gasteiger partial charge in [-0.2, -0.15) is 0 Å². The van der Waals surface area contributed by atoms with Gasteiger partial charge in [-0.15, -0.1) is 10.2 Å². The van der Waals surface area contributed by atoms with Crippen LogP contribution in [0.4, 0.5) is 0 Å². The summed E-state index contributed by atoms with van der Waals surface area (Å²) in [7, 11) is 0. The molecule has 5 nitrogen and oxygen atoms in total. The van der Waals surface area contributed by atoms with Gasteiger partial charge in [0.05, 0.1) is 11.0 Å². The molecule has 2 heterocycles. The first kappa shape index (κ1) is 14.9. The fraction of sp³-hybridized carbons (Fsp3) is 0.316. The molecule has 0 saturated heterocycles. The van der Waals surface area contributed by atoms with E-state index >= 15 is 0 Å². The van der Waals surface area contributed by atoms with E-state index in [1.54, 1.807) is 12.1 Å². The van der Waals surface area contributed by atoms with E-state index in [0.717, 1.165) is 29.9 Å². The van der Waals surface area contributed by atoms with Crippen LogP contribution in [0, 0.1) is 0 Å². The van der Waals surface area contributed by atoms with Crippen LogP contribution in [0.25, 0.3) is 5.65 Å². The molecule has 1 fully saturated rings. The zero-order chi connectivity index (χ0) is 16.9. The van der Waals surface area contributed by atoms with Crippen molar-refractivity contribution in [2.45, 2.75) is 38.0 Å². The fourth-order valence-electron chi connectivity index (χ4n) is 3.41. The maximum Gasteiger partial charge on any atom is 0.335 e. The quantitative estimate of drug-likeness (QED) is 0.797. The van der Waals surface area contributed by atoms with E-state index in [2.05, 4.69) is 34.5 Å². The normalized spacial score (nSPS) is 15.8. The number of aromatic nitrogens is 3. The van der Waals surface area contributed by atoms with Crippen molar-refractivity contribution in [2.24, 2.45) is 0 Å². The van der Waals surface area contributed by atoms with Crippen LogP contribution in [0.1, 0.15) is 59.9 Å². The van der Waals surface area contributed by atoms with Gasteiger partial charge in [0.25, 0.3) is 0 Å². The maximum atomic E-state index is 11.1. The molecular weight excluding hydrogens is 302 g/mol. The van der Waals surface area contributed by atoms with Crippen LogP contribution in [0.5, 0.6) is 0 Å². The van der Waals surface area contributed by atoms with Gasteiger partial charge in [-0.05, 0) is 48.1 Å². The molecule has 1 aliphatic rings. The van der Waals surface area contributed by atoms with Crippen molar-refractivity contribution in [1.82, 2.24) is 14.6 Å². The van der Waals surface area contributed by atoms with Crippen LogP contribution in [0.3, 0.4) is 0 Å². The predicted octanol–water partition coefficient (Wildman–Crippen LogP) is 3.63. The Morgan fingerprint density at radius 1 is 1.17 bits per heavy atom. The number of rotatable bonds is 4. The average Bonchev–Trinajstić information content (AvgIpc) is 3.27. The number of pyridine rings is 1. The molecule has 0 unspecified atom stereocenters. The van der Waals surface area contributed by atoms with E-state index in [-0.39, 0.29) is 5.41 Å². The second-order valence-electron chi connectivity index (χ2n) is 6.80. The second-order valence-corrected chi connectivity index (χ2v) is 6.80. The number of aromatic carboxylic acids is 1. The Labute approximate surface area is 140 Å². The number of carboxylic acid groups (broad SMARTS) is 1. The molecule has 5 heteroatoms. The van der Waals surface area contributed by atoms with Gasteiger partial charge < -0.3 is 5.11 Å². The van der Waals surface area contributed by atoms with Gasteiger partial charge in [0.2, 0.25) is 0 Å². The Morgan fingerprint density at radius 3 is 2.46 bits per heavy atom. The van der Waals surface area contributed by atoms with Crippen LogP contribution in [-0.4, -0.2) is 25.7 Å². The first-order valence-electron chi connectivity index (χ1n) is 8.21. The van der Waals surface area contributed by atoms with Crippen molar-refractivity contribution in [1.29, 1.82) is 0 Å². The second kappa shape index (κ2) is 5.16. The lowest BCUT2D eigenvalue weighted by Crippen LogP contribution is -2.14. The Balaban J connectivity index is 1.82. The van der Waals surface area contributed by atoms with E-state index in [9.17, 15) is 4.79 Å². The fourth-order valence-corrected chi connectivity index (χ4v) is 3.41. The van der Waals surface area contributed by atoms with Crippen molar-refractivity contribution in [3.63, 3.8) is 0 Å². The molecule has 0 spiro atoms. The summed E-state index contributed by atoms with van der Waals surface area (Å²) < 4.78 is 2.09. The molecule has 0 bridgehead atoms. The minimum Gasteiger partial charge on any atom is -0.478 e. The van der Waals surface area contributed by atoms with Gasteiger partial charge in [-0.3, -0.25) is 4.40 Å². The molecule has 1 saturated carbocycles. The third kappa shape index (κ3) is 2.12. The van der Waals surface area contributed by atoms with Gasteiger partial charge in [-0.1, -0.05) is 32.0 Å². The van der Waals surface area contributed by atoms with Gasteiger partial charge in [-0.25, -0.2) is 4.79 Å². The Bertz CT molecular complexity index is 921. The number of fused-ring (bicyclic) bond motifs is 1. The summed E-state index contributed by atoms with van der Waals surface area (Å²) in [5.41, 5.74) is 3.37. The molecule has 0 atom stereocenters. The van der Waals surface area contributed by atoms with Crippen molar-refractivity contribution in [3.05, 3.63) is 65.1 Å². The van der Waals surface area contributed by atoms with E-state index in [4.69, 9.17) is 5.11 Å². The van der Waals surface area contributed by atoms with Crippen LogP contribution < -0.4 is 0 Å². The molecule has 3 aromatic rings. The number of nitrogens with zero attached hydrogens (tertiary/aromatic N) is 3. The van der Waals surface area contributed by atoms with Crippen LogP contribution >= 0.6 is 0 Å². The maximum absolute atomic E-state index is 11.1. The van der Waals surface area contributed by atoms with Crippen molar-refractivity contribution in [2.75, 3.05) is 0 Å². The molecule has 1 aromatic carbocycles. The Morgan fingerprint density at radius 2 is 1.88 bits per heavy atom. The summed E-state index contributed by atoms with van der Waals surface area (Å²) in [6.45, 7) is 4.31. The summed E-state index contributed by atoms with van der Waals surface area (Å²) in [5.74, 6) is 0.430. The molecule has 1 N–H and O–H groups in total. The zero-order valence-electron chi connectivity index (χ0n) is 13.7. The number of hydrogen-bond acceptors (Lipinski definition) is 3. The van der Waals surface area contributed by atoms with Crippen LogP contribution in [-0.2, 0) is 5.41 Å². The SMILES string of the molecule is CC(C)c1cccn2c(C3(c4ccc(C(=O)O)cc4)CC3)nnc12. The van der Waals surface area contributed by atoms with Crippen molar-refractivity contribution >= 4 is 11.6 Å². The van der Waals surface area contributed by atoms with Crippen molar-refractivity contribution in [3.8, 4) is 0 Å². The third-order valence-electron chi connectivity index (χ3n) is 4.95. The Kier molecular flexibility index (Phi) is 3.20. The highest BCUT2D eigenvalue weighted by Crippen LogP contribution is 2.52. The largest absolute Gasteiger partial charge is 0.478 e. The lowest BCUT2D eigenvalue weighted by molar-refractivity contribution is 0.0697. The molecule has 0 aliphatic heterocycles. The van der Waals surface area contributed by atoms with E-state index in [0.29, 0.717) is 11.5 Å². The van der Waals surface area contributed by atoms with Crippen LogP contribution in [0.2, 0.25) is 0 Å². The van der Waals surface area contributed by atoms with E-state index in [1.807, 2.05) is 24.4 Å². The molecular formula is C19H19N3O2. The van der Waals surface area contributed by atoms with E-state index in [1.165, 1.54) is 5.56 Å². The third-order valence-corrected chi connectivity index (χ3v) is 4.95. The number of benzene rings is 1. The number of carbonyl (C=O) groups is 1. The molecule has 1 aliphatic carbocycles. The average molecular weight is 321 g/mol. The molecule has 4 rings (SSSR count). The monoisotopic (exact) mass is 321 g/mol. The first-order valence-corrected chi connectivity index (χ1v) is 8.21. The Hall–Kier alpha value is -2.69. The van der Waals surface area contributed by atoms with Crippen molar-refractivity contribution < 1.29 is 9.90 Å². The minimum atomic E-state index is -0.902. The highest BCUT2D eigenvalue weighted by Gasteiger charge is 2.49. The number of hydrogen-bond donors (Lipinski definition) is 1. The standard InChI is InChI=1S/C19H19N3O2/c1-12(2)15-4-3-11-22-16(15)20-21-18(22)19(9-10-19)14-7-5-13(6-8-14)17(23)24/h3-8,11-12H,9-10H2,1-2H3,(H,23,24). The lowest BCUT2D eigenvalue weighted by atomic mass is 9.94. The van der Waals surface area contributed by atoms with E-state index < -0.39 is 5.97 Å². The molecule has 122 valence electrons. The topological polar surface area (TPSA) is 67.5 Å². The predicted molar refractivity (Wildman–Crippen MR) is 90.5 cm³/mol. The molecule has 0 radical (unpaired) electrons. The molecule has 2 aromatic heterocycles. The van der Waals surface area contributed by atoms with Gasteiger partial charge in [0, 0.05) is 6.20 Å². The highest BCUT2D eigenvalue weighted by molar-refractivity contribution is 5.87. The smallest absolute Gasteiger partial charge is 0.335 e. The summed E-state index contributed by atoms with van der Waals surface area (Å²) >= 11 is 0. The zero-order valence-corrected chi connectivity index (χ0v) is 13.7. The van der Waals surface area contributed by atoms with Gasteiger partial charge in [0.1, 0.15) is 5.82 Å². The highest BCUT2D eigenvalue weighted by atomic mass is 16.4. The summed E-state index contributed by atoms with van der Waals surface area (Å²) in [4.78, 5) is 11.1. The first-order chi connectivity index (χ1) is 11.5. The van der Waals surface area contributed by atoms with Crippen LogP contribution in [0.15, 0.2) is 42.6 Å². The summed E-state index contributed by atoms with van der Waals surface area (Å²) in [5, 5.41) is 18.0. The summed E-state index contributed by atoms with van der Waals surface area (Å²) in [6.07, 6.45) is 4.03. The molecule has 24 heavy (non-hydrogen) atoms. The van der Waals surface area contributed by atoms with Gasteiger partial charge >= 0.3 is 5.97 Å². The number of carboxylic acids is 1. The minimum absolute atomic E-state index is 0.147. The van der Waals surface area contributed by atoms with Gasteiger partial charge in [0.15, 0.2) is 5.65 Å².